The zero-order valence-electron chi connectivity index (χ0n) is 14.5. The van der Waals surface area contributed by atoms with E-state index < -0.39 is 0 Å². The van der Waals surface area contributed by atoms with Crippen LogP contribution in [0.25, 0.3) is 11.3 Å². The van der Waals surface area contributed by atoms with Gasteiger partial charge in [-0.3, -0.25) is 4.79 Å². The zero-order valence-corrected chi connectivity index (χ0v) is 16.1. The van der Waals surface area contributed by atoms with Gasteiger partial charge in [0.1, 0.15) is 17.7 Å². The van der Waals surface area contributed by atoms with E-state index in [1.165, 1.54) is 6.26 Å². The highest BCUT2D eigenvalue weighted by Gasteiger charge is 2.15. The Labute approximate surface area is 160 Å². The molecule has 1 heterocycles. The summed E-state index contributed by atoms with van der Waals surface area (Å²) >= 11 is 7.84. The molecule has 26 heavy (non-hydrogen) atoms. The summed E-state index contributed by atoms with van der Waals surface area (Å²) in [7, 11) is 1.55. The Morgan fingerprint density at radius 2 is 2.08 bits per heavy atom. The summed E-state index contributed by atoms with van der Waals surface area (Å²) in [6.45, 7) is 1.76. The minimum absolute atomic E-state index is 0.265. The number of ether oxygens (including phenoxy) is 1. The number of methoxy groups -OCH3 is 1. The molecule has 1 N–H and O–H groups in total. The number of thioether (sulfide) groups is 1. The number of nitrogens with zero attached hydrogens (tertiary/aromatic N) is 1. The van der Waals surface area contributed by atoms with E-state index in [9.17, 15) is 4.79 Å². The highest BCUT2D eigenvalue weighted by Crippen LogP contribution is 2.31. The molecule has 0 unspecified atom stereocenters. The molecule has 0 atom stereocenters. The predicted octanol–water partition coefficient (Wildman–Crippen LogP) is 5.29. The molecule has 134 valence electrons. The third-order valence-corrected chi connectivity index (χ3v) is 4.83. The first-order valence-corrected chi connectivity index (χ1v) is 9.37. The minimum Gasteiger partial charge on any atom is -0.496 e. The van der Waals surface area contributed by atoms with Gasteiger partial charge in [0.2, 0.25) is 0 Å². The number of carbonyl (C=O) groups is 1. The van der Waals surface area contributed by atoms with Crippen LogP contribution in [0, 0.1) is 6.92 Å². The van der Waals surface area contributed by atoms with Crippen LogP contribution in [-0.4, -0.2) is 24.3 Å². The number of anilines is 1. The lowest BCUT2D eigenvalue weighted by molar-refractivity contribution is 0.102. The first kappa shape index (κ1) is 18.4. The maximum absolute atomic E-state index is 12.7. The van der Waals surface area contributed by atoms with Crippen molar-refractivity contribution in [1.82, 2.24) is 4.98 Å². The van der Waals surface area contributed by atoms with Gasteiger partial charge >= 0.3 is 0 Å². The van der Waals surface area contributed by atoms with Gasteiger partial charge in [0.25, 0.3) is 5.91 Å². The SMILES string of the molecule is COc1cc(SC)ccc1C(=O)Nc1ccc(Cl)c(-c2coc(C)n2)c1. The molecule has 2 aromatic carbocycles. The van der Waals surface area contributed by atoms with Crippen molar-refractivity contribution in [3.63, 3.8) is 0 Å². The molecule has 0 aliphatic carbocycles. The zero-order chi connectivity index (χ0) is 18.7. The Morgan fingerprint density at radius 3 is 2.73 bits per heavy atom. The van der Waals surface area contributed by atoms with Crippen LogP contribution in [0.2, 0.25) is 5.02 Å². The molecule has 3 rings (SSSR count). The predicted molar refractivity (Wildman–Crippen MR) is 104 cm³/mol. The van der Waals surface area contributed by atoms with Crippen LogP contribution in [-0.2, 0) is 0 Å². The molecule has 1 aromatic heterocycles. The van der Waals surface area contributed by atoms with E-state index in [1.807, 2.05) is 18.4 Å². The van der Waals surface area contributed by atoms with Crippen LogP contribution in [0.4, 0.5) is 5.69 Å². The summed E-state index contributed by atoms with van der Waals surface area (Å²) < 4.78 is 10.6. The van der Waals surface area contributed by atoms with Crippen molar-refractivity contribution in [2.75, 3.05) is 18.7 Å². The van der Waals surface area contributed by atoms with E-state index in [-0.39, 0.29) is 5.91 Å². The molecule has 7 heteroatoms. The first-order valence-electron chi connectivity index (χ1n) is 7.77. The van der Waals surface area contributed by atoms with Crippen molar-refractivity contribution in [2.24, 2.45) is 0 Å². The van der Waals surface area contributed by atoms with Gasteiger partial charge in [-0.15, -0.1) is 11.8 Å². The highest BCUT2D eigenvalue weighted by atomic mass is 35.5. The van der Waals surface area contributed by atoms with Crippen molar-refractivity contribution >= 4 is 35.0 Å². The van der Waals surface area contributed by atoms with E-state index in [0.717, 1.165) is 4.90 Å². The standard InChI is InChI=1S/C19H17ClN2O3S/c1-11-21-17(10-25-11)15-8-12(4-7-16(15)20)22-19(23)14-6-5-13(26-3)9-18(14)24-2/h4-10H,1-3H3,(H,22,23). The lowest BCUT2D eigenvalue weighted by atomic mass is 10.1. The third-order valence-electron chi connectivity index (χ3n) is 3.77. The van der Waals surface area contributed by atoms with Gasteiger partial charge in [0.15, 0.2) is 5.89 Å². The molecule has 0 spiro atoms. The second kappa shape index (κ2) is 7.85. The summed E-state index contributed by atoms with van der Waals surface area (Å²) in [4.78, 5) is 18.0. The maximum Gasteiger partial charge on any atom is 0.259 e. The van der Waals surface area contributed by atoms with Gasteiger partial charge < -0.3 is 14.5 Å². The fraction of sp³-hybridized carbons (Fsp3) is 0.158. The van der Waals surface area contributed by atoms with Crippen LogP contribution in [0.15, 0.2) is 52.0 Å². The molecular formula is C19H17ClN2O3S. The fourth-order valence-corrected chi connectivity index (χ4v) is 3.11. The number of amides is 1. The van der Waals surface area contributed by atoms with Gasteiger partial charge in [0.05, 0.1) is 17.7 Å². The molecule has 0 fully saturated rings. The maximum atomic E-state index is 12.7. The van der Waals surface area contributed by atoms with E-state index >= 15 is 0 Å². The Balaban J connectivity index is 1.88. The van der Waals surface area contributed by atoms with Crippen LogP contribution in [0.5, 0.6) is 5.75 Å². The van der Waals surface area contributed by atoms with Crippen molar-refractivity contribution in [3.8, 4) is 17.0 Å². The van der Waals surface area contributed by atoms with E-state index in [2.05, 4.69) is 10.3 Å². The number of aromatic nitrogens is 1. The quantitative estimate of drug-likeness (QED) is 0.602. The van der Waals surface area contributed by atoms with Crippen molar-refractivity contribution in [1.29, 1.82) is 0 Å². The highest BCUT2D eigenvalue weighted by molar-refractivity contribution is 7.98. The Kier molecular flexibility index (Phi) is 5.54. The van der Waals surface area contributed by atoms with Crippen LogP contribution in [0.3, 0.4) is 0 Å². The summed E-state index contributed by atoms with van der Waals surface area (Å²) in [6, 6.07) is 10.7. The molecule has 0 saturated heterocycles. The number of halogens is 1. The first-order chi connectivity index (χ1) is 12.5. The van der Waals surface area contributed by atoms with E-state index in [4.69, 9.17) is 20.8 Å². The normalized spacial score (nSPS) is 10.6. The van der Waals surface area contributed by atoms with Gasteiger partial charge in [-0.05, 0) is 42.7 Å². The number of aryl methyl sites for hydroxylation is 1. The largest absolute Gasteiger partial charge is 0.496 e. The monoisotopic (exact) mass is 388 g/mol. The second-order valence-electron chi connectivity index (χ2n) is 5.47. The van der Waals surface area contributed by atoms with E-state index in [1.54, 1.807) is 50.1 Å². The summed E-state index contributed by atoms with van der Waals surface area (Å²) in [6.07, 6.45) is 3.50. The third kappa shape index (κ3) is 3.86. The fourth-order valence-electron chi connectivity index (χ4n) is 2.47. The van der Waals surface area contributed by atoms with Gasteiger partial charge in [0, 0.05) is 23.1 Å². The van der Waals surface area contributed by atoms with Crippen molar-refractivity contribution in [2.45, 2.75) is 11.8 Å². The Bertz CT molecular complexity index is 956. The van der Waals surface area contributed by atoms with Gasteiger partial charge in [-0.2, -0.15) is 0 Å². The number of oxazole rings is 1. The number of rotatable bonds is 5. The molecule has 5 nitrogen and oxygen atoms in total. The number of benzene rings is 2. The van der Waals surface area contributed by atoms with Crippen molar-refractivity contribution in [3.05, 3.63) is 59.1 Å². The minimum atomic E-state index is -0.265. The topological polar surface area (TPSA) is 64.4 Å². The molecule has 1 amide bonds. The lowest BCUT2D eigenvalue weighted by Crippen LogP contribution is -2.13. The lowest BCUT2D eigenvalue weighted by Gasteiger charge is -2.11. The molecule has 0 bridgehead atoms. The van der Waals surface area contributed by atoms with Crippen LogP contribution >= 0.6 is 23.4 Å². The average Bonchev–Trinajstić information content (AvgIpc) is 3.08. The van der Waals surface area contributed by atoms with Crippen molar-refractivity contribution < 1.29 is 13.9 Å². The summed E-state index contributed by atoms with van der Waals surface area (Å²) in [5, 5.41) is 3.40. The Hall–Kier alpha value is -2.44. The summed E-state index contributed by atoms with van der Waals surface area (Å²) in [5.74, 6) is 0.805. The Morgan fingerprint density at radius 1 is 1.27 bits per heavy atom. The van der Waals surface area contributed by atoms with Crippen LogP contribution < -0.4 is 10.1 Å². The number of carbonyl (C=O) groups excluding carboxylic acids is 1. The number of hydrogen-bond acceptors (Lipinski definition) is 5. The van der Waals surface area contributed by atoms with E-state index in [0.29, 0.717) is 39.2 Å². The smallest absolute Gasteiger partial charge is 0.259 e. The number of hydrogen-bond donors (Lipinski definition) is 1. The van der Waals surface area contributed by atoms with Gasteiger partial charge in [-0.1, -0.05) is 11.6 Å². The molecular weight excluding hydrogens is 372 g/mol. The molecule has 0 saturated carbocycles. The summed E-state index contributed by atoms with van der Waals surface area (Å²) in [5.41, 5.74) is 2.36. The molecule has 0 aliphatic rings. The average molecular weight is 389 g/mol. The second-order valence-corrected chi connectivity index (χ2v) is 6.75. The van der Waals surface area contributed by atoms with Gasteiger partial charge in [-0.25, -0.2) is 4.98 Å². The van der Waals surface area contributed by atoms with Crippen LogP contribution in [0.1, 0.15) is 16.2 Å². The molecule has 3 aromatic rings. The molecule has 0 aliphatic heterocycles. The molecule has 0 radical (unpaired) electrons. The number of nitrogens with one attached hydrogen (secondary N) is 1.